The fraction of sp³-hybridized carbons (Fsp3) is 0. The summed E-state index contributed by atoms with van der Waals surface area (Å²) in [5, 5.41) is 13.1. The molecular weight excluding hydrogens is 274 g/mol. The molecule has 0 saturated heterocycles. The van der Waals surface area contributed by atoms with E-state index in [0.717, 1.165) is 16.8 Å². The molecule has 0 bridgehead atoms. The van der Waals surface area contributed by atoms with E-state index < -0.39 is 0 Å². The quantitative estimate of drug-likeness (QED) is 0.575. The fourth-order valence-electron chi connectivity index (χ4n) is 2.41. The molecule has 2 aromatic carbocycles. The highest BCUT2D eigenvalue weighted by atomic mass is 15.4. The molecule has 0 aliphatic heterocycles. The smallest absolute Gasteiger partial charge is 0.185 e. The molecule has 0 amide bonds. The van der Waals surface area contributed by atoms with Gasteiger partial charge in [-0.15, -0.1) is 10.2 Å². The number of nitrogens with two attached hydrogens (primary N) is 1. The van der Waals surface area contributed by atoms with Gasteiger partial charge in [-0.05, 0) is 24.3 Å². The lowest BCUT2D eigenvalue weighted by Gasteiger charge is -2.03. The molecule has 0 atom stereocenters. The first-order chi connectivity index (χ1) is 10.8. The van der Waals surface area contributed by atoms with Gasteiger partial charge in [0.1, 0.15) is 0 Å². The van der Waals surface area contributed by atoms with Crippen molar-refractivity contribution in [1.82, 2.24) is 19.8 Å². The Morgan fingerprint density at radius 1 is 0.773 bits per heavy atom. The highest BCUT2D eigenvalue weighted by Gasteiger charge is 2.10. The number of nitrogen functional groups attached to an aromatic ring is 1. The molecule has 0 saturated carbocycles. The summed E-state index contributed by atoms with van der Waals surface area (Å²) in [5.41, 5.74) is 10.1. The van der Waals surface area contributed by atoms with E-state index in [1.54, 1.807) is 4.52 Å². The summed E-state index contributed by atoms with van der Waals surface area (Å²) in [6.45, 7) is 0. The van der Waals surface area contributed by atoms with Gasteiger partial charge >= 0.3 is 0 Å². The summed E-state index contributed by atoms with van der Waals surface area (Å²) >= 11 is 0. The third-order valence-electron chi connectivity index (χ3n) is 3.48. The van der Waals surface area contributed by atoms with Crippen LogP contribution in [-0.2, 0) is 0 Å². The maximum Gasteiger partial charge on any atom is 0.185 e. The zero-order chi connectivity index (χ0) is 14.9. The van der Waals surface area contributed by atoms with Gasteiger partial charge in [-0.3, -0.25) is 0 Å². The Hall–Kier alpha value is -3.21. The zero-order valence-electron chi connectivity index (χ0n) is 11.7. The van der Waals surface area contributed by atoms with Gasteiger partial charge in [0.15, 0.2) is 11.5 Å². The average molecular weight is 287 g/mol. The van der Waals surface area contributed by atoms with Gasteiger partial charge in [0.25, 0.3) is 0 Å². The molecule has 0 aliphatic rings. The molecule has 2 N–H and O–H groups in total. The van der Waals surface area contributed by atoms with E-state index in [4.69, 9.17) is 5.73 Å². The SMILES string of the molecule is Nc1cccc(-c2nnc3ccc(-c4ccccc4)nn23)c1. The van der Waals surface area contributed by atoms with Crippen molar-refractivity contribution in [2.24, 2.45) is 0 Å². The average Bonchev–Trinajstić information content (AvgIpc) is 2.99. The molecule has 2 aromatic heterocycles. The van der Waals surface area contributed by atoms with Crippen LogP contribution in [0.25, 0.3) is 28.3 Å². The highest BCUT2D eigenvalue weighted by molar-refractivity contribution is 5.65. The van der Waals surface area contributed by atoms with E-state index in [1.807, 2.05) is 66.7 Å². The number of anilines is 1. The molecule has 4 aromatic rings. The Kier molecular flexibility index (Phi) is 2.83. The molecule has 5 nitrogen and oxygen atoms in total. The molecule has 22 heavy (non-hydrogen) atoms. The Balaban J connectivity index is 1.91. The predicted octanol–water partition coefficient (Wildman–Crippen LogP) is 3.04. The van der Waals surface area contributed by atoms with Gasteiger partial charge in [-0.25, -0.2) is 0 Å². The summed E-state index contributed by atoms with van der Waals surface area (Å²) in [5.74, 6) is 0.681. The van der Waals surface area contributed by atoms with Crippen LogP contribution >= 0.6 is 0 Å². The molecule has 0 fully saturated rings. The summed E-state index contributed by atoms with van der Waals surface area (Å²) in [6.07, 6.45) is 0. The van der Waals surface area contributed by atoms with Gasteiger partial charge < -0.3 is 5.73 Å². The van der Waals surface area contributed by atoms with Crippen molar-refractivity contribution in [1.29, 1.82) is 0 Å². The van der Waals surface area contributed by atoms with E-state index >= 15 is 0 Å². The van der Waals surface area contributed by atoms with Crippen LogP contribution in [0.15, 0.2) is 66.7 Å². The Bertz CT molecular complexity index is 944. The fourth-order valence-corrected chi connectivity index (χ4v) is 2.41. The van der Waals surface area contributed by atoms with E-state index in [1.165, 1.54) is 0 Å². The molecule has 4 rings (SSSR count). The molecule has 5 heteroatoms. The minimum absolute atomic E-state index is 0.681. The molecule has 0 unspecified atom stereocenters. The second-order valence-electron chi connectivity index (χ2n) is 5.00. The van der Waals surface area contributed by atoms with E-state index in [9.17, 15) is 0 Å². The van der Waals surface area contributed by atoms with Crippen molar-refractivity contribution < 1.29 is 0 Å². The van der Waals surface area contributed by atoms with Crippen LogP contribution in [-0.4, -0.2) is 19.8 Å². The lowest BCUT2D eigenvalue weighted by atomic mass is 10.1. The molecule has 106 valence electrons. The normalized spacial score (nSPS) is 10.9. The van der Waals surface area contributed by atoms with Crippen LogP contribution in [0.4, 0.5) is 5.69 Å². The first kappa shape index (κ1) is 12.5. The summed E-state index contributed by atoms with van der Waals surface area (Å²) in [6, 6.07) is 21.4. The summed E-state index contributed by atoms with van der Waals surface area (Å²) < 4.78 is 1.75. The van der Waals surface area contributed by atoms with Crippen LogP contribution in [0, 0.1) is 0 Å². The Labute approximate surface area is 127 Å². The second-order valence-corrected chi connectivity index (χ2v) is 5.00. The number of fused-ring (bicyclic) bond motifs is 1. The molecule has 0 spiro atoms. The van der Waals surface area contributed by atoms with Crippen LogP contribution in [0.3, 0.4) is 0 Å². The number of benzene rings is 2. The predicted molar refractivity (Wildman–Crippen MR) is 86.1 cm³/mol. The minimum atomic E-state index is 0.681. The molecular formula is C17H13N5. The maximum atomic E-state index is 5.85. The number of nitrogens with zero attached hydrogens (tertiary/aromatic N) is 4. The minimum Gasteiger partial charge on any atom is -0.399 e. The van der Waals surface area contributed by atoms with Crippen LogP contribution in [0.2, 0.25) is 0 Å². The monoisotopic (exact) mass is 287 g/mol. The van der Waals surface area contributed by atoms with Gasteiger partial charge in [0.05, 0.1) is 5.69 Å². The lowest BCUT2D eigenvalue weighted by Crippen LogP contribution is -1.97. The van der Waals surface area contributed by atoms with Crippen LogP contribution in [0.5, 0.6) is 0 Å². The summed E-state index contributed by atoms with van der Waals surface area (Å²) in [4.78, 5) is 0. The van der Waals surface area contributed by atoms with Crippen molar-refractivity contribution in [2.75, 3.05) is 5.73 Å². The second kappa shape index (κ2) is 4.96. The molecule has 0 radical (unpaired) electrons. The zero-order valence-corrected chi connectivity index (χ0v) is 11.7. The first-order valence-corrected chi connectivity index (χ1v) is 6.95. The van der Waals surface area contributed by atoms with Crippen LogP contribution in [0.1, 0.15) is 0 Å². The van der Waals surface area contributed by atoms with Gasteiger partial charge in [-0.2, -0.15) is 9.61 Å². The lowest BCUT2D eigenvalue weighted by molar-refractivity contribution is 0.942. The topological polar surface area (TPSA) is 69.1 Å². The first-order valence-electron chi connectivity index (χ1n) is 6.95. The molecule has 0 aliphatic carbocycles. The Morgan fingerprint density at radius 2 is 1.59 bits per heavy atom. The van der Waals surface area contributed by atoms with Gasteiger partial charge in [-0.1, -0.05) is 42.5 Å². The van der Waals surface area contributed by atoms with E-state index in [-0.39, 0.29) is 0 Å². The maximum absolute atomic E-state index is 5.85. The third kappa shape index (κ3) is 2.09. The number of hydrogen-bond acceptors (Lipinski definition) is 4. The van der Waals surface area contributed by atoms with Crippen molar-refractivity contribution in [3.8, 4) is 22.6 Å². The Morgan fingerprint density at radius 3 is 2.41 bits per heavy atom. The standard InChI is InChI=1S/C17H13N5/c18-14-8-4-7-13(11-14)17-20-19-16-10-9-15(21-22(16)17)12-5-2-1-3-6-12/h1-11H,18H2. The number of aromatic nitrogens is 4. The van der Waals surface area contributed by atoms with Gasteiger partial charge in [0.2, 0.25) is 0 Å². The van der Waals surface area contributed by atoms with Gasteiger partial charge in [0, 0.05) is 16.8 Å². The molecule has 2 heterocycles. The number of hydrogen-bond donors (Lipinski definition) is 1. The van der Waals surface area contributed by atoms with Crippen molar-refractivity contribution in [2.45, 2.75) is 0 Å². The van der Waals surface area contributed by atoms with Crippen LogP contribution < -0.4 is 5.73 Å². The summed E-state index contributed by atoms with van der Waals surface area (Å²) in [7, 11) is 0. The highest BCUT2D eigenvalue weighted by Crippen LogP contribution is 2.22. The van der Waals surface area contributed by atoms with E-state index in [0.29, 0.717) is 17.2 Å². The van der Waals surface area contributed by atoms with Crippen molar-refractivity contribution in [3.63, 3.8) is 0 Å². The van der Waals surface area contributed by atoms with Crippen molar-refractivity contribution in [3.05, 3.63) is 66.7 Å². The third-order valence-corrected chi connectivity index (χ3v) is 3.48. The number of rotatable bonds is 2. The van der Waals surface area contributed by atoms with Crippen molar-refractivity contribution >= 4 is 11.3 Å². The van der Waals surface area contributed by atoms with E-state index in [2.05, 4.69) is 15.3 Å². The largest absolute Gasteiger partial charge is 0.399 e.